The van der Waals surface area contributed by atoms with Gasteiger partial charge >= 0.3 is 0 Å². The quantitative estimate of drug-likeness (QED) is 0.661. The number of piperazine rings is 1. The van der Waals surface area contributed by atoms with E-state index >= 15 is 0 Å². The van der Waals surface area contributed by atoms with Crippen LogP contribution in [0.4, 0.5) is 0 Å². The van der Waals surface area contributed by atoms with Crippen LogP contribution in [0.2, 0.25) is 0 Å². The second kappa shape index (κ2) is 4.92. The molecule has 0 aromatic carbocycles. The summed E-state index contributed by atoms with van der Waals surface area (Å²) in [4.78, 5) is 37.4. The molecule has 6 heteroatoms. The highest BCUT2D eigenvalue weighted by molar-refractivity contribution is 6.04. The Morgan fingerprint density at radius 1 is 1.42 bits per heavy atom. The first-order valence-electron chi connectivity index (χ1n) is 6.74. The fourth-order valence-electron chi connectivity index (χ4n) is 2.88. The van der Waals surface area contributed by atoms with Crippen molar-refractivity contribution < 1.29 is 14.4 Å². The van der Waals surface area contributed by atoms with Crippen molar-refractivity contribution in [3.8, 4) is 0 Å². The zero-order chi connectivity index (χ0) is 14.2. The predicted molar refractivity (Wildman–Crippen MR) is 69.1 cm³/mol. The topological polar surface area (TPSA) is 78.5 Å². The third kappa shape index (κ3) is 2.25. The fourth-order valence-corrected chi connectivity index (χ4v) is 2.88. The second-order valence-electron chi connectivity index (χ2n) is 5.76. The molecule has 2 rings (SSSR count). The Balaban J connectivity index is 2.26. The first kappa shape index (κ1) is 14.0. The summed E-state index contributed by atoms with van der Waals surface area (Å²) in [6.45, 7) is 7.08. The molecule has 2 atom stereocenters. The molecule has 0 saturated carbocycles. The predicted octanol–water partition coefficient (Wildman–Crippen LogP) is -0.504. The molecular formula is C13H21N3O3. The second-order valence-corrected chi connectivity index (χ2v) is 5.76. The third-order valence-corrected chi connectivity index (χ3v) is 4.40. The number of hydrogen-bond donors (Lipinski definition) is 2. The smallest absolute Gasteiger partial charge is 0.249 e. The average Bonchev–Trinajstić information content (AvgIpc) is 2.83. The number of carbonyl (C=O) groups is 3. The van der Waals surface area contributed by atoms with Gasteiger partial charge in [-0.15, -0.1) is 0 Å². The summed E-state index contributed by atoms with van der Waals surface area (Å²) in [7, 11) is 0. The first-order chi connectivity index (χ1) is 8.88. The van der Waals surface area contributed by atoms with Crippen LogP contribution >= 0.6 is 0 Å². The maximum absolute atomic E-state index is 12.8. The maximum atomic E-state index is 12.8. The molecule has 2 unspecified atom stereocenters. The summed E-state index contributed by atoms with van der Waals surface area (Å²) >= 11 is 0. The Bertz CT molecular complexity index is 413. The van der Waals surface area contributed by atoms with E-state index in [1.54, 1.807) is 6.92 Å². The van der Waals surface area contributed by atoms with E-state index in [1.807, 2.05) is 13.8 Å². The van der Waals surface area contributed by atoms with Crippen LogP contribution in [0.25, 0.3) is 0 Å². The number of nitrogens with zero attached hydrogens (tertiary/aromatic N) is 1. The van der Waals surface area contributed by atoms with Crippen molar-refractivity contribution in [2.24, 2.45) is 11.3 Å². The molecule has 2 heterocycles. The van der Waals surface area contributed by atoms with Crippen LogP contribution in [0.5, 0.6) is 0 Å². The SMILES string of the molecule is CC1C(=O)NC(=O)CN1C(=O)C1(C(C)C)CCNC1. The summed E-state index contributed by atoms with van der Waals surface area (Å²) < 4.78 is 0. The van der Waals surface area contributed by atoms with Gasteiger partial charge in [-0.25, -0.2) is 0 Å². The Kier molecular flexibility index (Phi) is 3.62. The molecule has 2 fully saturated rings. The van der Waals surface area contributed by atoms with E-state index in [0.29, 0.717) is 6.54 Å². The molecule has 3 amide bonds. The van der Waals surface area contributed by atoms with E-state index in [0.717, 1.165) is 13.0 Å². The molecule has 2 saturated heterocycles. The van der Waals surface area contributed by atoms with E-state index in [4.69, 9.17) is 0 Å². The van der Waals surface area contributed by atoms with Gasteiger partial charge in [-0.1, -0.05) is 13.8 Å². The Morgan fingerprint density at radius 3 is 2.63 bits per heavy atom. The van der Waals surface area contributed by atoms with Crippen LogP contribution in [0.15, 0.2) is 0 Å². The van der Waals surface area contributed by atoms with Gasteiger partial charge in [0.1, 0.15) is 12.6 Å². The minimum atomic E-state index is -0.582. The fraction of sp³-hybridized carbons (Fsp3) is 0.769. The largest absolute Gasteiger partial charge is 0.321 e. The highest BCUT2D eigenvalue weighted by Gasteiger charge is 2.48. The van der Waals surface area contributed by atoms with Crippen molar-refractivity contribution >= 4 is 17.7 Å². The summed E-state index contributed by atoms with van der Waals surface area (Å²) in [5.41, 5.74) is -0.494. The molecule has 6 nitrogen and oxygen atoms in total. The van der Waals surface area contributed by atoms with Crippen LogP contribution in [0, 0.1) is 11.3 Å². The van der Waals surface area contributed by atoms with Crippen molar-refractivity contribution in [1.82, 2.24) is 15.5 Å². The molecule has 0 aromatic heterocycles. The minimum absolute atomic E-state index is 0.0276. The van der Waals surface area contributed by atoms with Gasteiger partial charge < -0.3 is 10.2 Å². The zero-order valence-electron chi connectivity index (χ0n) is 11.7. The molecule has 2 aliphatic rings. The highest BCUT2D eigenvalue weighted by atomic mass is 16.2. The number of imide groups is 1. The van der Waals surface area contributed by atoms with Gasteiger partial charge in [-0.2, -0.15) is 0 Å². The maximum Gasteiger partial charge on any atom is 0.249 e. The number of nitrogens with one attached hydrogen (secondary N) is 2. The standard InChI is InChI=1S/C13H21N3O3/c1-8(2)13(4-5-14-7-13)12(19)16-6-10(17)15-11(18)9(16)3/h8-9,14H,4-7H2,1-3H3,(H,15,17,18). The molecule has 0 spiro atoms. The van der Waals surface area contributed by atoms with E-state index in [9.17, 15) is 14.4 Å². The molecule has 2 aliphatic heterocycles. The van der Waals surface area contributed by atoms with Crippen LogP contribution in [-0.2, 0) is 14.4 Å². The number of rotatable bonds is 2. The number of hydrogen-bond acceptors (Lipinski definition) is 4. The lowest BCUT2D eigenvalue weighted by Gasteiger charge is -2.40. The summed E-state index contributed by atoms with van der Waals surface area (Å²) in [5.74, 6) is -0.707. The highest BCUT2D eigenvalue weighted by Crippen LogP contribution is 2.36. The molecule has 0 bridgehead atoms. The Hall–Kier alpha value is -1.43. The number of carbonyl (C=O) groups excluding carboxylic acids is 3. The van der Waals surface area contributed by atoms with Crippen molar-refractivity contribution in [3.05, 3.63) is 0 Å². The van der Waals surface area contributed by atoms with Crippen LogP contribution in [0.1, 0.15) is 27.2 Å². The molecule has 19 heavy (non-hydrogen) atoms. The number of amides is 3. The van der Waals surface area contributed by atoms with E-state index < -0.39 is 23.3 Å². The van der Waals surface area contributed by atoms with E-state index in [2.05, 4.69) is 10.6 Å². The van der Waals surface area contributed by atoms with E-state index in [1.165, 1.54) is 4.90 Å². The van der Waals surface area contributed by atoms with Gasteiger partial charge in [0.15, 0.2) is 0 Å². The van der Waals surface area contributed by atoms with Crippen LogP contribution in [0.3, 0.4) is 0 Å². The van der Waals surface area contributed by atoms with Gasteiger partial charge in [0.2, 0.25) is 17.7 Å². The zero-order valence-corrected chi connectivity index (χ0v) is 11.7. The van der Waals surface area contributed by atoms with Gasteiger partial charge in [0.05, 0.1) is 5.41 Å². The summed E-state index contributed by atoms with van der Waals surface area (Å²) in [5, 5.41) is 5.48. The Labute approximate surface area is 112 Å². The monoisotopic (exact) mass is 267 g/mol. The minimum Gasteiger partial charge on any atom is -0.321 e. The molecule has 0 aliphatic carbocycles. The summed E-state index contributed by atoms with van der Waals surface area (Å²) in [6, 6.07) is -0.582. The van der Waals surface area contributed by atoms with Crippen molar-refractivity contribution in [2.75, 3.05) is 19.6 Å². The van der Waals surface area contributed by atoms with Gasteiger partial charge in [-0.3, -0.25) is 19.7 Å². The lowest BCUT2D eigenvalue weighted by Crippen LogP contribution is -2.62. The first-order valence-corrected chi connectivity index (χ1v) is 6.74. The lowest BCUT2D eigenvalue weighted by molar-refractivity contribution is -0.156. The van der Waals surface area contributed by atoms with Crippen LogP contribution < -0.4 is 10.6 Å². The molecule has 0 aromatic rings. The molecule has 106 valence electrons. The molecular weight excluding hydrogens is 246 g/mol. The normalized spacial score (nSPS) is 31.8. The van der Waals surface area contributed by atoms with Gasteiger partial charge in [-0.05, 0) is 25.8 Å². The lowest BCUT2D eigenvalue weighted by atomic mass is 9.75. The van der Waals surface area contributed by atoms with Crippen molar-refractivity contribution in [2.45, 2.75) is 33.2 Å². The van der Waals surface area contributed by atoms with E-state index in [-0.39, 0.29) is 18.4 Å². The van der Waals surface area contributed by atoms with Gasteiger partial charge in [0, 0.05) is 6.54 Å². The van der Waals surface area contributed by atoms with Crippen molar-refractivity contribution in [1.29, 1.82) is 0 Å². The van der Waals surface area contributed by atoms with Crippen molar-refractivity contribution in [3.63, 3.8) is 0 Å². The summed E-state index contributed by atoms with van der Waals surface area (Å²) in [6.07, 6.45) is 0.753. The molecule has 2 N–H and O–H groups in total. The average molecular weight is 267 g/mol. The Morgan fingerprint density at radius 2 is 2.11 bits per heavy atom. The molecule has 0 radical (unpaired) electrons. The van der Waals surface area contributed by atoms with Crippen LogP contribution in [-0.4, -0.2) is 48.3 Å². The van der Waals surface area contributed by atoms with Gasteiger partial charge in [0.25, 0.3) is 0 Å². The third-order valence-electron chi connectivity index (χ3n) is 4.40.